The van der Waals surface area contributed by atoms with Crippen molar-refractivity contribution >= 4 is 23.7 Å². The molecule has 1 aliphatic rings. The lowest BCUT2D eigenvalue weighted by molar-refractivity contribution is 0.0525. The second-order valence-corrected chi connectivity index (χ2v) is 5.20. The summed E-state index contributed by atoms with van der Waals surface area (Å²) in [5, 5.41) is 0.370. The van der Waals surface area contributed by atoms with E-state index in [-0.39, 0.29) is 18.3 Å². The van der Waals surface area contributed by atoms with Gasteiger partial charge in [0.2, 0.25) is 0 Å². The maximum atomic E-state index is 11.9. The van der Waals surface area contributed by atoms with Crippen LogP contribution in [0, 0.1) is 0 Å². The van der Waals surface area contributed by atoms with E-state index in [0.29, 0.717) is 37.6 Å². The third-order valence-electron chi connectivity index (χ3n) is 3.47. The molecule has 1 aliphatic heterocycles. The van der Waals surface area contributed by atoms with Gasteiger partial charge in [0.1, 0.15) is 0 Å². The molecule has 120 valence electrons. The maximum absolute atomic E-state index is 11.9. The first-order valence-electron chi connectivity index (χ1n) is 7.33. The quantitative estimate of drug-likeness (QED) is 0.798. The van der Waals surface area contributed by atoms with Crippen LogP contribution in [0.15, 0.2) is 6.20 Å². The van der Waals surface area contributed by atoms with Crippen molar-refractivity contribution in [3.63, 3.8) is 0 Å². The highest BCUT2D eigenvalue weighted by atomic mass is 35.5. The Bertz CT molecular complexity index is 577. The molecule has 1 amide bonds. The van der Waals surface area contributed by atoms with Crippen LogP contribution in [0.5, 0.6) is 0 Å². The minimum Gasteiger partial charge on any atom is -0.462 e. The Morgan fingerprint density at radius 2 is 1.91 bits per heavy atom. The molecule has 1 aromatic rings. The minimum atomic E-state index is -0.478. The summed E-state index contributed by atoms with van der Waals surface area (Å²) in [5.41, 5.74) is 1.88. The molecular weight excluding hydrogens is 308 g/mol. The summed E-state index contributed by atoms with van der Waals surface area (Å²) < 4.78 is 9.99. The van der Waals surface area contributed by atoms with Crippen molar-refractivity contribution in [1.29, 1.82) is 0 Å². The van der Waals surface area contributed by atoms with E-state index < -0.39 is 5.97 Å². The molecule has 0 N–H and O–H groups in total. The molecule has 6 nitrogen and oxygen atoms in total. The van der Waals surface area contributed by atoms with E-state index in [1.807, 2.05) is 0 Å². The van der Waals surface area contributed by atoms with E-state index in [4.69, 9.17) is 21.1 Å². The fourth-order valence-corrected chi connectivity index (χ4v) is 2.71. The van der Waals surface area contributed by atoms with Gasteiger partial charge in [0.25, 0.3) is 0 Å². The van der Waals surface area contributed by atoms with Gasteiger partial charge < -0.3 is 14.4 Å². The highest BCUT2D eigenvalue weighted by Crippen LogP contribution is 2.27. The molecule has 0 atom stereocenters. The molecule has 1 aromatic heterocycles. The smallest absolute Gasteiger partial charge is 0.409 e. The Balaban J connectivity index is 2.21. The van der Waals surface area contributed by atoms with Crippen molar-refractivity contribution in [2.24, 2.45) is 0 Å². The normalized spacial score (nSPS) is 14.0. The highest BCUT2D eigenvalue weighted by molar-refractivity contribution is 6.34. The van der Waals surface area contributed by atoms with Gasteiger partial charge in [0, 0.05) is 31.4 Å². The van der Waals surface area contributed by atoms with Crippen molar-refractivity contribution < 1.29 is 19.1 Å². The predicted octanol–water partition coefficient (Wildman–Crippen LogP) is 2.47. The van der Waals surface area contributed by atoms with Crippen molar-refractivity contribution in [2.45, 2.75) is 26.7 Å². The Hall–Kier alpha value is -1.82. The third-order valence-corrected chi connectivity index (χ3v) is 3.90. The molecule has 0 saturated heterocycles. The van der Waals surface area contributed by atoms with E-state index in [1.165, 1.54) is 6.20 Å². The van der Waals surface area contributed by atoms with E-state index in [1.54, 1.807) is 18.7 Å². The summed E-state index contributed by atoms with van der Waals surface area (Å²) in [7, 11) is 0. The number of halogens is 1. The number of rotatable bonds is 3. The Kier molecular flexibility index (Phi) is 5.60. The number of aromatic nitrogens is 1. The zero-order valence-corrected chi connectivity index (χ0v) is 13.5. The van der Waals surface area contributed by atoms with E-state index in [2.05, 4.69) is 4.98 Å². The Labute approximate surface area is 134 Å². The lowest BCUT2D eigenvalue weighted by Crippen LogP contribution is -2.33. The van der Waals surface area contributed by atoms with Crippen LogP contribution in [-0.4, -0.2) is 48.2 Å². The van der Waals surface area contributed by atoms with Crippen LogP contribution in [0.2, 0.25) is 5.02 Å². The monoisotopic (exact) mass is 326 g/mol. The topological polar surface area (TPSA) is 68.7 Å². The van der Waals surface area contributed by atoms with Gasteiger partial charge in [-0.25, -0.2) is 9.59 Å². The van der Waals surface area contributed by atoms with Crippen LogP contribution in [0.4, 0.5) is 4.79 Å². The van der Waals surface area contributed by atoms with Gasteiger partial charge in [-0.05, 0) is 25.8 Å². The first-order valence-corrected chi connectivity index (χ1v) is 7.71. The molecular formula is C15H19ClN2O4. The first-order chi connectivity index (χ1) is 10.6. The molecule has 7 heteroatoms. The third kappa shape index (κ3) is 3.50. The van der Waals surface area contributed by atoms with Crippen molar-refractivity contribution in [3.8, 4) is 0 Å². The molecule has 0 aromatic carbocycles. The molecule has 0 unspecified atom stereocenters. The molecule has 2 heterocycles. The number of carbonyl (C=O) groups is 2. The molecule has 22 heavy (non-hydrogen) atoms. The Morgan fingerprint density at radius 3 is 2.59 bits per heavy atom. The van der Waals surface area contributed by atoms with Gasteiger partial charge in [-0.2, -0.15) is 0 Å². The molecule has 0 saturated carbocycles. The number of ether oxygens (including phenoxy) is 2. The van der Waals surface area contributed by atoms with Gasteiger partial charge in [-0.1, -0.05) is 11.6 Å². The zero-order valence-electron chi connectivity index (χ0n) is 12.7. The van der Waals surface area contributed by atoms with Gasteiger partial charge in [0.15, 0.2) is 0 Å². The van der Waals surface area contributed by atoms with Crippen LogP contribution >= 0.6 is 11.6 Å². The molecule has 0 fully saturated rings. The number of amides is 1. The minimum absolute atomic E-state index is 0.270. The zero-order chi connectivity index (χ0) is 16.1. The number of pyridine rings is 1. The van der Waals surface area contributed by atoms with E-state index in [9.17, 15) is 9.59 Å². The van der Waals surface area contributed by atoms with E-state index >= 15 is 0 Å². The van der Waals surface area contributed by atoms with Gasteiger partial charge in [0.05, 0.1) is 23.8 Å². The lowest BCUT2D eigenvalue weighted by atomic mass is 10.1. The summed E-state index contributed by atoms with van der Waals surface area (Å²) in [5.74, 6) is -0.478. The summed E-state index contributed by atoms with van der Waals surface area (Å²) in [6.07, 6.45) is 2.22. The first kappa shape index (κ1) is 16.5. The predicted molar refractivity (Wildman–Crippen MR) is 81.2 cm³/mol. The number of esters is 1. The summed E-state index contributed by atoms with van der Waals surface area (Å²) >= 11 is 6.34. The molecule has 0 radical (unpaired) electrons. The standard InChI is InChI=1S/C15H19ClN2O4/c1-3-21-14(19)11-9-17-12-6-8-18(15(20)22-4-2)7-5-10(12)13(11)16/h9H,3-8H2,1-2H3. The highest BCUT2D eigenvalue weighted by Gasteiger charge is 2.24. The van der Waals surface area contributed by atoms with Crippen LogP contribution in [0.1, 0.15) is 35.5 Å². The molecule has 0 aliphatic carbocycles. The van der Waals surface area contributed by atoms with Crippen LogP contribution in [0.3, 0.4) is 0 Å². The number of hydrogen-bond donors (Lipinski definition) is 0. The SMILES string of the molecule is CCOC(=O)c1cnc2c(c1Cl)CCN(C(=O)OCC)CC2. The van der Waals surface area contributed by atoms with Gasteiger partial charge in [-0.15, -0.1) is 0 Å². The number of nitrogens with zero attached hydrogens (tertiary/aromatic N) is 2. The fourth-order valence-electron chi connectivity index (χ4n) is 2.38. The number of fused-ring (bicyclic) bond motifs is 1. The van der Waals surface area contributed by atoms with Gasteiger partial charge in [-0.3, -0.25) is 4.98 Å². The fraction of sp³-hybridized carbons (Fsp3) is 0.533. The van der Waals surface area contributed by atoms with Crippen LogP contribution < -0.4 is 0 Å². The van der Waals surface area contributed by atoms with Crippen molar-refractivity contribution in [3.05, 3.63) is 28.0 Å². The molecule has 2 rings (SSSR count). The molecule has 0 spiro atoms. The van der Waals surface area contributed by atoms with Gasteiger partial charge >= 0.3 is 12.1 Å². The largest absolute Gasteiger partial charge is 0.462 e. The maximum Gasteiger partial charge on any atom is 0.409 e. The Morgan fingerprint density at radius 1 is 1.23 bits per heavy atom. The second kappa shape index (κ2) is 7.45. The van der Waals surface area contributed by atoms with Crippen LogP contribution in [-0.2, 0) is 22.3 Å². The van der Waals surface area contributed by atoms with Crippen molar-refractivity contribution in [2.75, 3.05) is 26.3 Å². The molecule has 0 bridgehead atoms. The number of hydrogen-bond acceptors (Lipinski definition) is 5. The summed E-state index contributed by atoms with van der Waals surface area (Å²) in [6, 6.07) is 0. The van der Waals surface area contributed by atoms with Crippen LogP contribution in [0.25, 0.3) is 0 Å². The average Bonchev–Trinajstić information content (AvgIpc) is 2.71. The summed E-state index contributed by atoms with van der Waals surface area (Å²) in [6.45, 7) is 5.14. The summed E-state index contributed by atoms with van der Waals surface area (Å²) in [4.78, 5) is 29.6. The average molecular weight is 327 g/mol. The van der Waals surface area contributed by atoms with Crippen molar-refractivity contribution in [1.82, 2.24) is 9.88 Å². The van der Waals surface area contributed by atoms with E-state index in [0.717, 1.165) is 11.3 Å². The lowest BCUT2D eigenvalue weighted by Gasteiger charge is -2.18. The number of carbonyl (C=O) groups excluding carboxylic acids is 2. The second-order valence-electron chi connectivity index (χ2n) is 4.82.